The zero-order chi connectivity index (χ0) is 21.3. The van der Waals surface area contributed by atoms with E-state index in [1.165, 1.54) is 13.2 Å². The van der Waals surface area contributed by atoms with Crippen LogP contribution in [0.2, 0.25) is 0 Å². The Morgan fingerprint density at radius 1 is 1.10 bits per heavy atom. The third-order valence-electron chi connectivity index (χ3n) is 5.07. The number of benzene rings is 1. The number of hydrogen-bond acceptors (Lipinski definition) is 6. The van der Waals surface area contributed by atoms with Crippen LogP contribution in [0, 0.1) is 5.82 Å². The smallest absolute Gasteiger partial charge is 0.309 e. The van der Waals surface area contributed by atoms with E-state index in [0.29, 0.717) is 44.2 Å². The molecular weight excluding hydrogens is 391 g/mol. The minimum Gasteiger partial charge on any atom is -0.468 e. The van der Waals surface area contributed by atoms with E-state index < -0.39 is 11.8 Å². The molecule has 1 aliphatic heterocycles. The molecule has 1 aliphatic rings. The van der Waals surface area contributed by atoms with Crippen molar-refractivity contribution in [1.82, 2.24) is 15.5 Å². The molecule has 2 heterocycles. The Bertz CT molecular complexity index is 822. The Hall–Kier alpha value is -2.91. The van der Waals surface area contributed by atoms with Crippen LogP contribution >= 0.6 is 0 Å². The monoisotopic (exact) mass is 418 g/mol. The van der Waals surface area contributed by atoms with Crippen LogP contribution < -0.4 is 15.5 Å². The molecule has 1 fully saturated rings. The van der Waals surface area contributed by atoms with Gasteiger partial charge >= 0.3 is 11.8 Å². The molecule has 8 nitrogen and oxygen atoms in total. The zero-order valence-corrected chi connectivity index (χ0v) is 17.0. The van der Waals surface area contributed by atoms with Gasteiger partial charge in [0, 0.05) is 46.4 Å². The molecule has 2 amide bonds. The largest absolute Gasteiger partial charge is 0.468 e. The number of carbonyl (C=O) groups excluding carboxylic acids is 2. The van der Waals surface area contributed by atoms with Gasteiger partial charge in [-0.3, -0.25) is 14.5 Å². The minimum atomic E-state index is -0.701. The maximum Gasteiger partial charge on any atom is 0.309 e. The van der Waals surface area contributed by atoms with Crippen LogP contribution in [0.5, 0.6) is 0 Å². The first kappa shape index (κ1) is 21.8. The van der Waals surface area contributed by atoms with E-state index in [0.717, 1.165) is 0 Å². The topological polar surface area (TPSA) is 87.0 Å². The number of nitrogens with one attached hydrogen (secondary N) is 2. The van der Waals surface area contributed by atoms with E-state index in [1.54, 1.807) is 24.5 Å². The number of rotatable bonds is 8. The van der Waals surface area contributed by atoms with Gasteiger partial charge in [-0.05, 0) is 24.3 Å². The summed E-state index contributed by atoms with van der Waals surface area (Å²) in [5.74, 6) is -0.933. The molecule has 2 aromatic rings. The number of carbonyl (C=O) groups is 2. The van der Waals surface area contributed by atoms with Crippen LogP contribution in [0.1, 0.15) is 11.8 Å². The van der Waals surface area contributed by atoms with Gasteiger partial charge in [-0.2, -0.15) is 0 Å². The molecular formula is C21H27FN4O4. The van der Waals surface area contributed by atoms with Gasteiger partial charge < -0.3 is 24.7 Å². The second-order valence-corrected chi connectivity index (χ2v) is 6.96. The molecule has 1 atom stereocenters. The average molecular weight is 418 g/mol. The van der Waals surface area contributed by atoms with Crippen molar-refractivity contribution in [2.45, 2.75) is 6.04 Å². The highest BCUT2D eigenvalue weighted by atomic mass is 19.1. The lowest BCUT2D eigenvalue weighted by atomic mass is 10.1. The highest BCUT2D eigenvalue weighted by molar-refractivity contribution is 6.35. The number of methoxy groups -OCH3 is 1. The van der Waals surface area contributed by atoms with Gasteiger partial charge in [0.15, 0.2) is 0 Å². The van der Waals surface area contributed by atoms with Gasteiger partial charge in [-0.15, -0.1) is 0 Å². The Morgan fingerprint density at radius 3 is 2.50 bits per heavy atom. The first-order chi connectivity index (χ1) is 14.6. The van der Waals surface area contributed by atoms with Gasteiger partial charge in [0.25, 0.3) is 0 Å². The standard InChI is InChI=1S/C21H27FN4O4/c1-29-14-8-23-20(27)21(28)24-15-18(19-7-4-13-30-19)26-11-9-25(10-12-26)17-6-3-2-5-16(17)22/h2-7,13,18H,8-12,14-15H2,1H3,(H,23,27)(H,24,28). The molecule has 1 aromatic carbocycles. The van der Waals surface area contributed by atoms with Gasteiger partial charge in [-0.1, -0.05) is 12.1 Å². The fourth-order valence-electron chi connectivity index (χ4n) is 3.49. The summed E-state index contributed by atoms with van der Waals surface area (Å²) in [7, 11) is 1.52. The van der Waals surface area contributed by atoms with Crippen molar-refractivity contribution in [2.75, 3.05) is 57.9 Å². The lowest BCUT2D eigenvalue weighted by Crippen LogP contribution is -2.51. The number of ether oxygens (including phenoxy) is 1. The fraction of sp³-hybridized carbons (Fsp3) is 0.429. The number of para-hydroxylation sites is 1. The van der Waals surface area contributed by atoms with Crippen LogP contribution in [-0.2, 0) is 14.3 Å². The predicted octanol–water partition coefficient (Wildman–Crippen LogP) is 1.16. The summed E-state index contributed by atoms with van der Waals surface area (Å²) in [5, 5.41) is 5.18. The second-order valence-electron chi connectivity index (χ2n) is 6.96. The quantitative estimate of drug-likeness (QED) is 0.494. The van der Waals surface area contributed by atoms with Crippen molar-refractivity contribution >= 4 is 17.5 Å². The van der Waals surface area contributed by atoms with E-state index in [1.807, 2.05) is 17.0 Å². The lowest BCUT2D eigenvalue weighted by molar-refractivity contribution is -0.139. The summed E-state index contributed by atoms with van der Waals surface area (Å²) >= 11 is 0. The van der Waals surface area contributed by atoms with Crippen molar-refractivity contribution in [3.8, 4) is 0 Å². The van der Waals surface area contributed by atoms with Crippen LogP contribution in [-0.4, -0.2) is 69.7 Å². The molecule has 0 radical (unpaired) electrons. The Balaban J connectivity index is 1.58. The third kappa shape index (κ3) is 5.58. The summed E-state index contributed by atoms with van der Waals surface area (Å²) in [6.45, 7) is 3.44. The summed E-state index contributed by atoms with van der Waals surface area (Å²) in [6.07, 6.45) is 1.58. The second kappa shape index (κ2) is 10.7. The first-order valence-corrected chi connectivity index (χ1v) is 9.92. The maximum atomic E-state index is 14.1. The summed E-state index contributed by atoms with van der Waals surface area (Å²) < 4.78 is 24.5. The van der Waals surface area contributed by atoms with E-state index in [2.05, 4.69) is 15.5 Å². The van der Waals surface area contributed by atoms with Crippen LogP contribution in [0.4, 0.5) is 10.1 Å². The number of anilines is 1. The van der Waals surface area contributed by atoms with Crippen LogP contribution in [0.25, 0.3) is 0 Å². The van der Waals surface area contributed by atoms with E-state index in [9.17, 15) is 14.0 Å². The summed E-state index contributed by atoms with van der Waals surface area (Å²) in [5.41, 5.74) is 0.590. The number of hydrogen-bond donors (Lipinski definition) is 2. The van der Waals surface area contributed by atoms with E-state index in [4.69, 9.17) is 9.15 Å². The molecule has 0 aliphatic carbocycles. The molecule has 2 N–H and O–H groups in total. The maximum absolute atomic E-state index is 14.1. The van der Waals surface area contributed by atoms with Gasteiger partial charge in [0.1, 0.15) is 11.6 Å². The molecule has 9 heteroatoms. The Kier molecular flexibility index (Phi) is 7.81. The SMILES string of the molecule is COCCNC(=O)C(=O)NCC(c1ccco1)N1CCN(c2ccccc2F)CC1. The van der Waals surface area contributed by atoms with E-state index >= 15 is 0 Å². The molecule has 30 heavy (non-hydrogen) atoms. The normalized spacial score (nSPS) is 15.6. The number of amides is 2. The van der Waals surface area contributed by atoms with E-state index in [-0.39, 0.29) is 24.9 Å². The molecule has 1 aromatic heterocycles. The average Bonchev–Trinajstić information content (AvgIpc) is 3.29. The van der Waals surface area contributed by atoms with Crippen LogP contribution in [0.3, 0.4) is 0 Å². The first-order valence-electron chi connectivity index (χ1n) is 9.92. The lowest BCUT2D eigenvalue weighted by Gasteiger charge is -2.39. The molecule has 162 valence electrons. The van der Waals surface area contributed by atoms with Gasteiger partial charge in [0.05, 0.1) is 24.6 Å². The summed E-state index contributed by atoms with van der Waals surface area (Å²) in [6, 6.07) is 10.1. The molecule has 0 saturated carbocycles. The Morgan fingerprint density at radius 2 is 1.83 bits per heavy atom. The van der Waals surface area contributed by atoms with Gasteiger partial charge in [0.2, 0.25) is 0 Å². The number of piperazine rings is 1. The third-order valence-corrected chi connectivity index (χ3v) is 5.07. The van der Waals surface area contributed by atoms with Crippen molar-refractivity contribution in [3.63, 3.8) is 0 Å². The number of furan rings is 1. The fourth-order valence-corrected chi connectivity index (χ4v) is 3.49. The molecule has 3 rings (SSSR count). The predicted molar refractivity (Wildman–Crippen MR) is 110 cm³/mol. The number of halogens is 1. The van der Waals surface area contributed by atoms with Gasteiger partial charge in [-0.25, -0.2) is 4.39 Å². The zero-order valence-electron chi connectivity index (χ0n) is 17.0. The van der Waals surface area contributed by atoms with Crippen LogP contribution in [0.15, 0.2) is 47.1 Å². The van der Waals surface area contributed by atoms with Crippen molar-refractivity contribution in [2.24, 2.45) is 0 Å². The molecule has 1 saturated heterocycles. The minimum absolute atomic E-state index is 0.224. The summed E-state index contributed by atoms with van der Waals surface area (Å²) in [4.78, 5) is 28.1. The number of nitrogens with zero attached hydrogens (tertiary/aromatic N) is 2. The highest BCUT2D eigenvalue weighted by Crippen LogP contribution is 2.25. The highest BCUT2D eigenvalue weighted by Gasteiger charge is 2.28. The van der Waals surface area contributed by atoms with Crippen molar-refractivity contribution < 1.29 is 23.1 Å². The molecule has 1 unspecified atom stereocenters. The van der Waals surface area contributed by atoms with Crippen molar-refractivity contribution in [3.05, 3.63) is 54.2 Å². The molecule has 0 spiro atoms. The Labute approximate surface area is 175 Å². The molecule has 0 bridgehead atoms. The van der Waals surface area contributed by atoms with Crippen molar-refractivity contribution in [1.29, 1.82) is 0 Å².